The third-order valence-corrected chi connectivity index (χ3v) is 5.96. The lowest BCUT2D eigenvalue weighted by Crippen LogP contribution is -2.39. The van der Waals surface area contributed by atoms with Gasteiger partial charge in [-0.15, -0.1) is 0 Å². The van der Waals surface area contributed by atoms with Gasteiger partial charge in [-0.3, -0.25) is 14.2 Å². The number of carbonyl (C=O) groups is 1. The molecule has 1 unspecified atom stereocenters. The van der Waals surface area contributed by atoms with Crippen molar-refractivity contribution < 1.29 is 9.18 Å². The summed E-state index contributed by atoms with van der Waals surface area (Å²) in [6.07, 6.45) is 5.38. The third kappa shape index (κ3) is 3.79. The van der Waals surface area contributed by atoms with Crippen LogP contribution in [0.2, 0.25) is 5.02 Å². The predicted octanol–water partition coefficient (Wildman–Crippen LogP) is 5.21. The van der Waals surface area contributed by atoms with E-state index in [9.17, 15) is 9.18 Å². The maximum Gasteiger partial charge on any atom is 0.256 e. The number of piperidine rings is 1. The molecule has 0 bridgehead atoms. The van der Waals surface area contributed by atoms with E-state index in [1.165, 1.54) is 12.1 Å². The van der Waals surface area contributed by atoms with E-state index in [0.717, 1.165) is 35.6 Å². The van der Waals surface area contributed by atoms with Gasteiger partial charge in [-0.2, -0.15) is 0 Å². The van der Waals surface area contributed by atoms with Gasteiger partial charge in [0.15, 0.2) is 0 Å². The van der Waals surface area contributed by atoms with Crippen LogP contribution in [0.4, 0.5) is 4.39 Å². The summed E-state index contributed by atoms with van der Waals surface area (Å²) in [6.45, 7) is 1.14. The largest absolute Gasteiger partial charge is 0.338 e. The van der Waals surface area contributed by atoms with Crippen LogP contribution in [-0.4, -0.2) is 38.3 Å². The van der Waals surface area contributed by atoms with Crippen molar-refractivity contribution in [1.82, 2.24) is 19.3 Å². The number of halogens is 2. The minimum Gasteiger partial charge on any atom is -0.338 e. The van der Waals surface area contributed by atoms with Crippen molar-refractivity contribution in [2.45, 2.75) is 18.8 Å². The lowest BCUT2D eigenvalue weighted by molar-refractivity contribution is 0.0701. The van der Waals surface area contributed by atoms with Crippen LogP contribution in [0, 0.1) is 5.82 Å². The van der Waals surface area contributed by atoms with Crippen molar-refractivity contribution in [1.29, 1.82) is 0 Å². The highest BCUT2D eigenvalue weighted by Crippen LogP contribution is 2.29. The number of pyridine rings is 2. The van der Waals surface area contributed by atoms with Crippen molar-refractivity contribution in [3.05, 3.63) is 89.1 Å². The Hall–Kier alpha value is -3.25. The van der Waals surface area contributed by atoms with Crippen LogP contribution in [0.3, 0.4) is 0 Å². The van der Waals surface area contributed by atoms with Gasteiger partial charge in [-0.1, -0.05) is 29.8 Å². The van der Waals surface area contributed by atoms with Crippen LogP contribution >= 0.6 is 11.6 Å². The number of rotatable bonds is 3. The number of hydrogen-bond acceptors (Lipinski definition) is 3. The third-order valence-electron chi connectivity index (χ3n) is 5.73. The summed E-state index contributed by atoms with van der Waals surface area (Å²) in [5.74, 6) is -0.663. The van der Waals surface area contributed by atoms with Crippen LogP contribution in [0.5, 0.6) is 0 Å². The fourth-order valence-corrected chi connectivity index (χ4v) is 4.33. The average molecular weight is 435 g/mol. The lowest BCUT2D eigenvalue weighted by atomic mass is 9.93. The maximum absolute atomic E-state index is 14.1. The first-order valence-electron chi connectivity index (χ1n) is 10.2. The Bertz CT molecular complexity index is 1270. The van der Waals surface area contributed by atoms with Gasteiger partial charge in [0.25, 0.3) is 5.91 Å². The molecule has 1 aliphatic rings. The summed E-state index contributed by atoms with van der Waals surface area (Å²) < 4.78 is 16.0. The number of imidazole rings is 1. The van der Waals surface area contributed by atoms with E-state index in [1.807, 2.05) is 34.9 Å². The molecule has 1 saturated heterocycles. The molecule has 5 rings (SSSR count). The molecule has 0 spiro atoms. The Morgan fingerprint density at radius 2 is 1.97 bits per heavy atom. The fraction of sp³-hybridized carbons (Fsp3) is 0.208. The van der Waals surface area contributed by atoms with E-state index in [4.69, 9.17) is 16.6 Å². The molecule has 1 atom stereocenters. The van der Waals surface area contributed by atoms with Crippen molar-refractivity contribution in [3.8, 4) is 11.4 Å². The molecule has 1 amide bonds. The summed E-state index contributed by atoms with van der Waals surface area (Å²) in [5.41, 5.74) is 3.48. The van der Waals surface area contributed by atoms with Crippen LogP contribution in [-0.2, 0) is 0 Å². The highest BCUT2D eigenvalue weighted by molar-refractivity contribution is 6.30. The first-order chi connectivity index (χ1) is 15.1. The Morgan fingerprint density at radius 3 is 2.84 bits per heavy atom. The number of likely N-dealkylation sites (tertiary alicyclic amines) is 1. The molecule has 4 aromatic rings. The zero-order valence-electron chi connectivity index (χ0n) is 16.7. The molecule has 3 aromatic heterocycles. The summed E-state index contributed by atoms with van der Waals surface area (Å²) in [6, 6.07) is 15.7. The Kier molecular flexibility index (Phi) is 5.16. The second-order valence-corrected chi connectivity index (χ2v) is 8.17. The molecule has 1 fully saturated rings. The van der Waals surface area contributed by atoms with E-state index in [2.05, 4.69) is 4.98 Å². The van der Waals surface area contributed by atoms with Gasteiger partial charge < -0.3 is 4.90 Å². The van der Waals surface area contributed by atoms with E-state index < -0.39 is 5.82 Å². The summed E-state index contributed by atoms with van der Waals surface area (Å²) in [4.78, 5) is 23.9. The molecule has 0 N–H and O–H groups in total. The molecule has 4 heterocycles. The first kappa shape index (κ1) is 19.7. The van der Waals surface area contributed by atoms with Crippen molar-refractivity contribution in [2.75, 3.05) is 13.1 Å². The Balaban J connectivity index is 1.42. The Morgan fingerprint density at radius 1 is 1.10 bits per heavy atom. The minimum atomic E-state index is -0.485. The maximum atomic E-state index is 14.1. The van der Waals surface area contributed by atoms with Gasteiger partial charge in [-0.25, -0.2) is 9.37 Å². The van der Waals surface area contributed by atoms with Gasteiger partial charge in [0, 0.05) is 30.9 Å². The Labute approximate surface area is 184 Å². The van der Waals surface area contributed by atoms with Crippen molar-refractivity contribution in [2.24, 2.45) is 0 Å². The number of carbonyl (C=O) groups excluding carboxylic acids is 1. The summed E-state index contributed by atoms with van der Waals surface area (Å²) in [5, 5.41) is 0.623. The number of fused-ring (bicyclic) bond motifs is 1. The fourth-order valence-electron chi connectivity index (χ4n) is 4.17. The average Bonchev–Trinajstić information content (AvgIpc) is 3.22. The van der Waals surface area contributed by atoms with Crippen LogP contribution in [0.25, 0.3) is 17.0 Å². The zero-order valence-corrected chi connectivity index (χ0v) is 17.5. The van der Waals surface area contributed by atoms with Gasteiger partial charge in [0.1, 0.15) is 11.5 Å². The number of aromatic nitrogens is 3. The van der Waals surface area contributed by atoms with Gasteiger partial charge in [0.05, 0.1) is 28.2 Å². The molecule has 1 aliphatic heterocycles. The van der Waals surface area contributed by atoms with Crippen LogP contribution in [0.1, 0.15) is 34.8 Å². The smallest absolute Gasteiger partial charge is 0.256 e. The van der Waals surface area contributed by atoms with E-state index in [1.54, 1.807) is 29.3 Å². The molecule has 7 heteroatoms. The molecule has 0 aliphatic carbocycles. The quantitative estimate of drug-likeness (QED) is 0.445. The van der Waals surface area contributed by atoms with Crippen LogP contribution in [0.15, 0.2) is 67.0 Å². The molecular weight excluding hydrogens is 415 g/mol. The van der Waals surface area contributed by atoms with Crippen LogP contribution < -0.4 is 0 Å². The highest BCUT2D eigenvalue weighted by atomic mass is 35.5. The monoisotopic (exact) mass is 434 g/mol. The molecular formula is C24H20ClFN4O. The molecule has 1 aromatic carbocycles. The SMILES string of the molecule is O=C(c1ccccc1F)N1CCCC(c2cccc(-c3cnc4ccc(Cl)cn34)n2)C1. The number of hydrogen-bond donors (Lipinski definition) is 0. The first-order valence-corrected chi connectivity index (χ1v) is 10.6. The molecule has 31 heavy (non-hydrogen) atoms. The second kappa shape index (κ2) is 8.12. The topological polar surface area (TPSA) is 50.5 Å². The minimum absolute atomic E-state index is 0.0900. The summed E-state index contributed by atoms with van der Waals surface area (Å²) in [7, 11) is 0. The highest BCUT2D eigenvalue weighted by Gasteiger charge is 2.27. The van der Waals surface area contributed by atoms with Crippen molar-refractivity contribution in [3.63, 3.8) is 0 Å². The summed E-state index contributed by atoms with van der Waals surface area (Å²) >= 11 is 6.16. The van der Waals surface area contributed by atoms with Crippen molar-refractivity contribution >= 4 is 23.2 Å². The van der Waals surface area contributed by atoms with E-state index >= 15 is 0 Å². The normalized spacial score (nSPS) is 16.6. The standard InChI is InChI=1S/C24H20ClFN4O/c25-17-10-11-23-27-13-22(30(23)15-17)21-9-3-8-20(28-21)16-5-4-12-29(14-16)24(31)18-6-1-2-7-19(18)26/h1-3,6-11,13,15-16H,4-5,12,14H2. The van der Waals surface area contributed by atoms with Gasteiger partial charge in [-0.05, 0) is 49.2 Å². The molecule has 0 radical (unpaired) electrons. The van der Waals surface area contributed by atoms with E-state index in [-0.39, 0.29) is 17.4 Å². The molecule has 5 nitrogen and oxygen atoms in total. The predicted molar refractivity (Wildman–Crippen MR) is 118 cm³/mol. The number of nitrogens with zero attached hydrogens (tertiary/aromatic N) is 4. The molecule has 156 valence electrons. The van der Waals surface area contributed by atoms with E-state index in [0.29, 0.717) is 18.1 Å². The lowest BCUT2D eigenvalue weighted by Gasteiger charge is -2.32. The second-order valence-electron chi connectivity index (χ2n) is 7.74. The van der Waals surface area contributed by atoms with Gasteiger partial charge >= 0.3 is 0 Å². The van der Waals surface area contributed by atoms with Gasteiger partial charge in [0.2, 0.25) is 0 Å². The molecule has 0 saturated carbocycles. The number of benzene rings is 1. The number of amides is 1. The zero-order chi connectivity index (χ0) is 21.4.